The molecule has 0 aromatic rings. The van der Waals surface area contributed by atoms with E-state index < -0.39 is 26.5 Å². The normalized spacial score (nSPS) is 13.9. The zero-order valence-corrected chi connectivity index (χ0v) is 35.8. The Kier molecular flexibility index (Phi) is 39.6. The summed E-state index contributed by atoms with van der Waals surface area (Å²) < 4.78 is 32.8. The van der Waals surface area contributed by atoms with Crippen LogP contribution in [0.3, 0.4) is 0 Å². The zero-order valence-electron chi connectivity index (χ0n) is 34.9. The number of allylic oxidation sites excluding steroid dienone is 10. The number of phosphoric ester groups is 1. The van der Waals surface area contributed by atoms with E-state index in [-0.39, 0.29) is 38.6 Å². The maximum absolute atomic E-state index is 12.6. The molecule has 10 heteroatoms. The second-order valence-electron chi connectivity index (χ2n) is 14.2. The largest absolute Gasteiger partial charge is 0.472 e. The van der Waals surface area contributed by atoms with Gasteiger partial charge >= 0.3 is 19.8 Å². The number of hydrogen-bond acceptors (Lipinski definition) is 8. The van der Waals surface area contributed by atoms with Crippen molar-refractivity contribution >= 4 is 19.8 Å². The van der Waals surface area contributed by atoms with E-state index in [1.165, 1.54) is 64.2 Å². The molecule has 0 aliphatic rings. The first-order valence-electron chi connectivity index (χ1n) is 21.8. The smallest absolute Gasteiger partial charge is 0.462 e. The van der Waals surface area contributed by atoms with Gasteiger partial charge in [0, 0.05) is 19.4 Å². The molecule has 0 fully saturated rings. The van der Waals surface area contributed by atoms with Gasteiger partial charge in [0.25, 0.3) is 0 Å². The summed E-state index contributed by atoms with van der Waals surface area (Å²) in [5.41, 5.74) is 5.34. The molecule has 9 nitrogen and oxygen atoms in total. The summed E-state index contributed by atoms with van der Waals surface area (Å²) in [4.78, 5) is 34.9. The van der Waals surface area contributed by atoms with Crippen LogP contribution >= 0.6 is 7.82 Å². The molecule has 0 rings (SSSR count). The first-order valence-corrected chi connectivity index (χ1v) is 23.3. The molecule has 0 saturated carbocycles. The molecule has 0 aliphatic carbocycles. The second-order valence-corrected chi connectivity index (χ2v) is 15.6. The number of nitrogens with two attached hydrogens (primary N) is 1. The van der Waals surface area contributed by atoms with E-state index in [1.54, 1.807) is 0 Å². The van der Waals surface area contributed by atoms with Crippen LogP contribution in [0.2, 0.25) is 0 Å². The highest BCUT2D eigenvalue weighted by atomic mass is 31.2. The lowest BCUT2D eigenvalue weighted by atomic mass is 10.0. The van der Waals surface area contributed by atoms with Crippen molar-refractivity contribution in [2.45, 2.75) is 187 Å². The molecule has 55 heavy (non-hydrogen) atoms. The minimum absolute atomic E-state index is 0.0481. The summed E-state index contributed by atoms with van der Waals surface area (Å²) in [5.74, 6) is -0.851. The van der Waals surface area contributed by atoms with Crippen molar-refractivity contribution in [3.63, 3.8) is 0 Å². The van der Waals surface area contributed by atoms with Crippen LogP contribution in [0, 0.1) is 0 Å². The molecule has 2 atom stereocenters. The molecule has 0 spiro atoms. The van der Waals surface area contributed by atoms with Crippen LogP contribution in [-0.2, 0) is 32.7 Å². The van der Waals surface area contributed by atoms with E-state index in [9.17, 15) is 19.0 Å². The van der Waals surface area contributed by atoms with Crippen molar-refractivity contribution in [3.05, 3.63) is 60.8 Å². The van der Waals surface area contributed by atoms with Crippen LogP contribution in [-0.4, -0.2) is 49.3 Å². The van der Waals surface area contributed by atoms with Crippen LogP contribution < -0.4 is 5.73 Å². The Bertz CT molecular complexity index is 1090. The Labute approximate surface area is 336 Å². The highest BCUT2D eigenvalue weighted by molar-refractivity contribution is 7.47. The second kappa shape index (κ2) is 41.3. The number of hydrogen-bond donors (Lipinski definition) is 2. The van der Waals surface area contributed by atoms with E-state index in [2.05, 4.69) is 74.6 Å². The van der Waals surface area contributed by atoms with E-state index in [0.717, 1.165) is 83.5 Å². The molecule has 3 N–H and O–H groups in total. The minimum Gasteiger partial charge on any atom is -0.462 e. The van der Waals surface area contributed by atoms with E-state index in [1.807, 2.05) is 0 Å². The Morgan fingerprint density at radius 3 is 1.49 bits per heavy atom. The molecule has 0 saturated heterocycles. The number of rotatable bonds is 40. The van der Waals surface area contributed by atoms with E-state index in [0.29, 0.717) is 6.42 Å². The van der Waals surface area contributed by atoms with Crippen LogP contribution in [0.15, 0.2) is 60.8 Å². The van der Waals surface area contributed by atoms with Gasteiger partial charge in [-0.25, -0.2) is 4.57 Å². The zero-order chi connectivity index (χ0) is 40.3. The number of esters is 2. The van der Waals surface area contributed by atoms with Gasteiger partial charge in [0.05, 0.1) is 13.2 Å². The number of carbonyl (C=O) groups excluding carboxylic acids is 2. The Morgan fingerprint density at radius 2 is 1.00 bits per heavy atom. The lowest BCUT2D eigenvalue weighted by Gasteiger charge is -2.19. The monoisotopic (exact) mass is 794 g/mol. The molecule has 318 valence electrons. The molecular formula is C45H80NO8P. The maximum Gasteiger partial charge on any atom is 0.472 e. The molecule has 0 amide bonds. The topological polar surface area (TPSA) is 134 Å². The third-order valence-corrected chi connectivity index (χ3v) is 9.90. The van der Waals surface area contributed by atoms with Gasteiger partial charge in [-0.05, 0) is 57.8 Å². The van der Waals surface area contributed by atoms with Crippen molar-refractivity contribution in [2.24, 2.45) is 5.73 Å². The summed E-state index contributed by atoms with van der Waals surface area (Å²) in [5, 5.41) is 0. The van der Waals surface area contributed by atoms with Gasteiger partial charge in [-0.1, -0.05) is 171 Å². The van der Waals surface area contributed by atoms with Gasteiger partial charge in [-0.2, -0.15) is 0 Å². The third-order valence-electron chi connectivity index (χ3n) is 8.92. The van der Waals surface area contributed by atoms with Crippen LogP contribution in [0.5, 0.6) is 0 Å². The third kappa shape index (κ3) is 41.2. The number of phosphoric acid groups is 1. The SMILES string of the molecule is CC/C=C\C/C=C\C/C=C\C/C=C\C/C=C\CCCCCCCC(=O)OC(COC(=O)CCCCCCCCCCCCCCC)COP(=O)(O)OCCN. The number of unbranched alkanes of at least 4 members (excludes halogenated alkanes) is 17. The van der Waals surface area contributed by atoms with Gasteiger partial charge in [-0.3, -0.25) is 18.6 Å². The van der Waals surface area contributed by atoms with Crippen molar-refractivity contribution in [1.29, 1.82) is 0 Å². The van der Waals surface area contributed by atoms with E-state index >= 15 is 0 Å². The van der Waals surface area contributed by atoms with Crippen LogP contribution in [0.4, 0.5) is 0 Å². The van der Waals surface area contributed by atoms with Gasteiger partial charge in [-0.15, -0.1) is 0 Å². The van der Waals surface area contributed by atoms with Crippen molar-refractivity contribution < 1.29 is 37.6 Å². The molecule has 0 heterocycles. The molecule has 0 aromatic heterocycles. The molecular weight excluding hydrogens is 713 g/mol. The molecule has 0 aromatic carbocycles. The molecule has 0 radical (unpaired) electrons. The highest BCUT2D eigenvalue weighted by Gasteiger charge is 2.26. The van der Waals surface area contributed by atoms with Gasteiger partial charge in [0.2, 0.25) is 0 Å². The van der Waals surface area contributed by atoms with Gasteiger partial charge in [0.1, 0.15) is 6.61 Å². The number of ether oxygens (including phenoxy) is 2. The summed E-state index contributed by atoms with van der Waals surface area (Å²) in [6.45, 7) is 3.59. The number of carbonyl (C=O) groups is 2. The quantitative estimate of drug-likeness (QED) is 0.0269. The molecule has 0 bridgehead atoms. The summed E-state index contributed by atoms with van der Waals surface area (Å²) >= 11 is 0. The predicted molar refractivity (Wildman–Crippen MR) is 229 cm³/mol. The predicted octanol–water partition coefficient (Wildman–Crippen LogP) is 12.5. The van der Waals surface area contributed by atoms with Gasteiger partial charge in [0.15, 0.2) is 6.10 Å². The van der Waals surface area contributed by atoms with Crippen molar-refractivity contribution in [1.82, 2.24) is 0 Å². The Hall–Kier alpha value is -2.29. The van der Waals surface area contributed by atoms with Crippen LogP contribution in [0.1, 0.15) is 181 Å². The lowest BCUT2D eigenvalue weighted by molar-refractivity contribution is -0.161. The molecule has 2 unspecified atom stereocenters. The highest BCUT2D eigenvalue weighted by Crippen LogP contribution is 2.43. The first kappa shape index (κ1) is 52.7. The lowest BCUT2D eigenvalue weighted by Crippen LogP contribution is -2.29. The Morgan fingerprint density at radius 1 is 0.564 bits per heavy atom. The summed E-state index contributed by atoms with van der Waals surface area (Å²) in [7, 11) is -4.38. The Balaban J connectivity index is 4.19. The fourth-order valence-electron chi connectivity index (χ4n) is 5.72. The first-order chi connectivity index (χ1) is 26.8. The van der Waals surface area contributed by atoms with E-state index in [4.69, 9.17) is 24.3 Å². The van der Waals surface area contributed by atoms with Crippen LogP contribution in [0.25, 0.3) is 0 Å². The fourth-order valence-corrected chi connectivity index (χ4v) is 6.48. The van der Waals surface area contributed by atoms with Crippen molar-refractivity contribution in [3.8, 4) is 0 Å². The minimum atomic E-state index is -4.38. The average molecular weight is 794 g/mol. The maximum atomic E-state index is 12.6. The van der Waals surface area contributed by atoms with Crippen molar-refractivity contribution in [2.75, 3.05) is 26.4 Å². The van der Waals surface area contributed by atoms with Gasteiger partial charge < -0.3 is 20.1 Å². The standard InChI is InChI=1S/C45H80NO8P/c1-3-5-7-9-11-13-15-17-18-19-20-21-22-23-24-26-28-30-32-34-36-38-45(48)54-43(42-53-55(49,50)52-40-39-46)41-51-44(47)37-35-33-31-29-27-25-16-14-12-10-8-6-4-2/h5,7,11,13,17-18,20-21,23-24,43H,3-4,6,8-10,12,14-16,19,22,25-42,46H2,1-2H3,(H,49,50)/b7-5-,13-11-,18-17-,21-20-,24-23-. The fraction of sp³-hybridized carbons (Fsp3) is 0.733. The average Bonchev–Trinajstić information content (AvgIpc) is 3.17. The summed E-state index contributed by atoms with van der Waals surface area (Å²) in [6, 6.07) is 0. The summed E-state index contributed by atoms with van der Waals surface area (Å²) in [6.07, 6.45) is 48.2. The molecule has 0 aliphatic heterocycles.